The summed E-state index contributed by atoms with van der Waals surface area (Å²) in [7, 11) is 0. The smallest absolute Gasteiger partial charge is 0.0835 e. The van der Waals surface area contributed by atoms with E-state index in [1.165, 1.54) is 62.0 Å². The molecule has 0 saturated carbocycles. The number of fused-ring (bicyclic) bond motifs is 1. The zero-order chi connectivity index (χ0) is 19.2. The van der Waals surface area contributed by atoms with Crippen molar-refractivity contribution in [3.63, 3.8) is 0 Å². The average molecular weight is 376 g/mol. The van der Waals surface area contributed by atoms with Crippen LogP contribution in [-0.2, 0) is 11.2 Å². The number of hydrogen-bond acceptors (Lipinski definition) is 2. The topological polar surface area (TPSA) is 12.5 Å². The van der Waals surface area contributed by atoms with Gasteiger partial charge in [-0.2, -0.15) is 0 Å². The van der Waals surface area contributed by atoms with Crippen LogP contribution < -0.4 is 0 Å². The molecule has 1 saturated heterocycles. The van der Waals surface area contributed by atoms with E-state index in [9.17, 15) is 0 Å². The van der Waals surface area contributed by atoms with Gasteiger partial charge in [-0.05, 0) is 73.7 Å². The number of piperidine rings is 1. The summed E-state index contributed by atoms with van der Waals surface area (Å²) in [6.45, 7) is 8.13. The number of benzene rings is 2. The highest BCUT2D eigenvalue weighted by Crippen LogP contribution is 2.36. The minimum atomic E-state index is 0.212. The lowest BCUT2D eigenvalue weighted by atomic mass is 9.88. The van der Waals surface area contributed by atoms with E-state index in [4.69, 9.17) is 4.74 Å². The summed E-state index contributed by atoms with van der Waals surface area (Å²) in [5.41, 5.74) is 4.39. The summed E-state index contributed by atoms with van der Waals surface area (Å²) >= 11 is 0. The summed E-state index contributed by atoms with van der Waals surface area (Å²) in [4.78, 5) is 2.70. The molecule has 2 atom stereocenters. The average Bonchev–Trinajstić information content (AvgIpc) is 2.93. The van der Waals surface area contributed by atoms with E-state index in [0.29, 0.717) is 12.5 Å². The molecule has 0 N–H and O–H groups in total. The van der Waals surface area contributed by atoms with Crippen LogP contribution in [0.3, 0.4) is 0 Å². The van der Waals surface area contributed by atoms with Gasteiger partial charge in [0.2, 0.25) is 0 Å². The molecular weight excluding hydrogens is 342 g/mol. The van der Waals surface area contributed by atoms with Crippen LogP contribution in [0.2, 0.25) is 0 Å². The molecule has 0 amide bonds. The number of ether oxygens (including phenoxy) is 1. The zero-order valence-electron chi connectivity index (χ0n) is 16.9. The van der Waals surface area contributed by atoms with Gasteiger partial charge in [0.15, 0.2) is 0 Å². The Morgan fingerprint density at radius 1 is 0.964 bits per heavy atom. The molecule has 1 aliphatic carbocycles. The van der Waals surface area contributed by atoms with Crippen LogP contribution in [0.1, 0.15) is 54.4 Å². The molecule has 28 heavy (non-hydrogen) atoms. The van der Waals surface area contributed by atoms with E-state index in [1.807, 2.05) is 6.08 Å². The third kappa shape index (κ3) is 4.74. The highest BCUT2D eigenvalue weighted by molar-refractivity contribution is 5.30. The number of aryl methyl sites for hydroxylation is 1. The number of rotatable bonds is 6. The van der Waals surface area contributed by atoms with Crippen molar-refractivity contribution in [1.29, 1.82) is 0 Å². The lowest BCUT2D eigenvalue weighted by Crippen LogP contribution is -2.37. The Bertz CT molecular complexity index is 748. The highest BCUT2D eigenvalue weighted by Gasteiger charge is 2.28. The molecule has 2 nitrogen and oxygen atoms in total. The predicted octanol–water partition coefficient (Wildman–Crippen LogP) is 5.76. The van der Waals surface area contributed by atoms with Crippen LogP contribution in [0.4, 0.5) is 0 Å². The maximum atomic E-state index is 6.20. The largest absolute Gasteiger partial charge is 0.369 e. The SMILES string of the molecule is C=CCO[C@H]1C[C@@H](CN2CCC(c3ccccc3)CC2)CCc2ccccc21. The van der Waals surface area contributed by atoms with Gasteiger partial charge < -0.3 is 9.64 Å². The van der Waals surface area contributed by atoms with Gasteiger partial charge in [-0.3, -0.25) is 0 Å². The van der Waals surface area contributed by atoms with E-state index in [0.717, 1.165) is 12.3 Å². The van der Waals surface area contributed by atoms with Crippen LogP contribution in [-0.4, -0.2) is 31.1 Å². The molecular formula is C26H33NO. The number of nitrogens with zero attached hydrogens (tertiary/aromatic N) is 1. The second kappa shape index (κ2) is 9.54. The van der Waals surface area contributed by atoms with Gasteiger partial charge in [-0.15, -0.1) is 6.58 Å². The summed E-state index contributed by atoms with van der Waals surface area (Å²) < 4.78 is 6.20. The molecule has 1 heterocycles. The van der Waals surface area contributed by atoms with Crippen molar-refractivity contribution >= 4 is 0 Å². The molecule has 0 radical (unpaired) electrons. The molecule has 0 spiro atoms. The van der Waals surface area contributed by atoms with Gasteiger partial charge in [0.25, 0.3) is 0 Å². The summed E-state index contributed by atoms with van der Waals surface area (Å²) in [5.74, 6) is 1.44. The quantitative estimate of drug-likeness (QED) is 0.470. The van der Waals surface area contributed by atoms with Crippen LogP contribution in [0.25, 0.3) is 0 Å². The van der Waals surface area contributed by atoms with Crippen molar-refractivity contribution in [1.82, 2.24) is 4.90 Å². The Kier molecular flexibility index (Phi) is 6.61. The molecule has 0 bridgehead atoms. The van der Waals surface area contributed by atoms with Crippen LogP contribution in [0.15, 0.2) is 67.3 Å². The Morgan fingerprint density at radius 2 is 1.71 bits per heavy atom. The fraction of sp³-hybridized carbons (Fsp3) is 0.462. The van der Waals surface area contributed by atoms with E-state index in [2.05, 4.69) is 66.1 Å². The Balaban J connectivity index is 1.35. The van der Waals surface area contributed by atoms with Crippen LogP contribution in [0.5, 0.6) is 0 Å². The standard InChI is InChI=1S/C26H33NO/c1-2-18-28-26-19-21(12-13-24-10-6-7-11-25(24)26)20-27-16-14-23(15-17-27)22-8-4-3-5-9-22/h2-11,21,23,26H,1,12-20H2/t21-,26-/m0/s1. The first kappa shape index (κ1) is 19.4. The van der Waals surface area contributed by atoms with E-state index in [-0.39, 0.29) is 6.10 Å². The Hall–Kier alpha value is -1.90. The van der Waals surface area contributed by atoms with Crippen LogP contribution >= 0.6 is 0 Å². The van der Waals surface area contributed by atoms with Gasteiger partial charge in [-0.1, -0.05) is 60.7 Å². The van der Waals surface area contributed by atoms with E-state index >= 15 is 0 Å². The normalized spacial score (nSPS) is 23.7. The first-order valence-electron chi connectivity index (χ1n) is 10.9. The predicted molar refractivity (Wildman–Crippen MR) is 117 cm³/mol. The second-order valence-electron chi connectivity index (χ2n) is 8.44. The summed E-state index contributed by atoms with van der Waals surface area (Å²) in [5, 5.41) is 0. The molecule has 1 fully saturated rings. The summed E-state index contributed by atoms with van der Waals surface area (Å²) in [6.07, 6.45) is 8.23. The molecule has 2 aliphatic rings. The molecule has 4 rings (SSSR count). The van der Waals surface area contributed by atoms with Crippen molar-refractivity contribution in [2.45, 2.75) is 44.1 Å². The summed E-state index contributed by atoms with van der Waals surface area (Å²) in [6, 6.07) is 19.9. The second-order valence-corrected chi connectivity index (χ2v) is 8.44. The number of likely N-dealkylation sites (tertiary alicyclic amines) is 1. The van der Waals surface area contributed by atoms with Crippen LogP contribution in [0, 0.1) is 5.92 Å². The maximum Gasteiger partial charge on any atom is 0.0835 e. The van der Waals surface area contributed by atoms with Gasteiger partial charge >= 0.3 is 0 Å². The van der Waals surface area contributed by atoms with Crippen molar-refractivity contribution in [3.05, 3.63) is 83.9 Å². The Morgan fingerprint density at radius 3 is 2.50 bits per heavy atom. The molecule has 0 aromatic heterocycles. The minimum Gasteiger partial charge on any atom is -0.369 e. The van der Waals surface area contributed by atoms with Gasteiger partial charge in [0, 0.05) is 6.54 Å². The molecule has 1 aliphatic heterocycles. The first-order valence-corrected chi connectivity index (χ1v) is 10.9. The van der Waals surface area contributed by atoms with Crippen molar-refractivity contribution in [3.8, 4) is 0 Å². The van der Waals surface area contributed by atoms with Gasteiger partial charge in [-0.25, -0.2) is 0 Å². The van der Waals surface area contributed by atoms with Gasteiger partial charge in [0.1, 0.15) is 0 Å². The lowest BCUT2D eigenvalue weighted by Gasteiger charge is -2.35. The fourth-order valence-corrected chi connectivity index (χ4v) is 5.03. The monoisotopic (exact) mass is 375 g/mol. The molecule has 2 aromatic rings. The van der Waals surface area contributed by atoms with Crippen molar-refractivity contribution in [2.24, 2.45) is 5.92 Å². The zero-order valence-corrected chi connectivity index (χ0v) is 16.9. The Labute approximate surface area is 170 Å². The maximum absolute atomic E-state index is 6.20. The van der Waals surface area contributed by atoms with Crippen molar-refractivity contribution in [2.75, 3.05) is 26.2 Å². The third-order valence-electron chi connectivity index (χ3n) is 6.56. The fourth-order valence-electron chi connectivity index (χ4n) is 5.03. The van der Waals surface area contributed by atoms with Gasteiger partial charge in [0.05, 0.1) is 12.7 Å². The number of hydrogen-bond donors (Lipinski definition) is 0. The molecule has 2 aromatic carbocycles. The van der Waals surface area contributed by atoms with E-state index < -0.39 is 0 Å². The van der Waals surface area contributed by atoms with Crippen molar-refractivity contribution < 1.29 is 4.74 Å². The molecule has 0 unspecified atom stereocenters. The molecule has 2 heteroatoms. The highest BCUT2D eigenvalue weighted by atomic mass is 16.5. The minimum absolute atomic E-state index is 0.212. The molecule has 148 valence electrons. The lowest BCUT2D eigenvalue weighted by molar-refractivity contribution is 0.0480. The third-order valence-corrected chi connectivity index (χ3v) is 6.56. The van der Waals surface area contributed by atoms with E-state index in [1.54, 1.807) is 0 Å². The first-order chi connectivity index (χ1) is 13.8.